The lowest BCUT2D eigenvalue weighted by Gasteiger charge is -2.32. The molecule has 5 heteroatoms. The van der Waals surface area contributed by atoms with Crippen molar-refractivity contribution in [3.8, 4) is 0 Å². The first-order valence-corrected chi connectivity index (χ1v) is 6.35. The number of carbonyl (C=O) groups is 2. The number of nitrogens with zero attached hydrogens (tertiary/aromatic N) is 3. The molecule has 2 saturated heterocycles. The van der Waals surface area contributed by atoms with E-state index in [1.807, 2.05) is 0 Å². The largest absolute Gasteiger partial charge is 0.335 e. The predicted molar refractivity (Wildman–Crippen MR) is 64.8 cm³/mol. The Labute approximate surface area is 102 Å². The number of hydrogen-bond acceptors (Lipinski definition) is 4. The maximum absolute atomic E-state index is 11.8. The Morgan fingerprint density at radius 1 is 1.18 bits per heavy atom. The summed E-state index contributed by atoms with van der Waals surface area (Å²) in [7, 11) is 2.12. The molecular formula is C12H21N3O2. The molecule has 2 aliphatic heterocycles. The molecule has 5 nitrogen and oxygen atoms in total. The zero-order valence-electron chi connectivity index (χ0n) is 10.5. The van der Waals surface area contributed by atoms with Crippen molar-refractivity contribution in [2.75, 3.05) is 52.9 Å². The third-order valence-electron chi connectivity index (χ3n) is 3.62. The molecule has 0 radical (unpaired) electrons. The van der Waals surface area contributed by atoms with Crippen LogP contribution in [0.1, 0.15) is 12.8 Å². The summed E-state index contributed by atoms with van der Waals surface area (Å²) in [6.45, 7) is 6.04. The van der Waals surface area contributed by atoms with Gasteiger partial charge in [0, 0.05) is 52.1 Å². The van der Waals surface area contributed by atoms with Gasteiger partial charge in [0.15, 0.2) is 5.78 Å². The molecule has 0 spiro atoms. The van der Waals surface area contributed by atoms with Gasteiger partial charge < -0.3 is 14.7 Å². The fourth-order valence-electron chi connectivity index (χ4n) is 2.33. The summed E-state index contributed by atoms with van der Waals surface area (Å²) >= 11 is 0. The van der Waals surface area contributed by atoms with Crippen molar-refractivity contribution in [3.05, 3.63) is 0 Å². The average molecular weight is 239 g/mol. The van der Waals surface area contributed by atoms with Crippen LogP contribution >= 0.6 is 0 Å². The van der Waals surface area contributed by atoms with Gasteiger partial charge in [-0.2, -0.15) is 0 Å². The van der Waals surface area contributed by atoms with Gasteiger partial charge in [-0.25, -0.2) is 0 Å². The highest BCUT2D eigenvalue weighted by Crippen LogP contribution is 2.07. The van der Waals surface area contributed by atoms with E-state index in [-0.39, 0.29) is 11.7 Å². The Hall–Kier alpha value is -0.940. The topological polar surface area (TPSA) is 43.9 Å². The third-order valence-corrected chi connectivity index (χ3v) is 3.62. The zero-order valence-corrected chi connectivity index (χ0v) is 10.5. The van der Waals surface area contributed by atoms with Crippen molar-refractivity contribution in [2.24, 2.45) is 0 Å². The fraction of sp³-hybridized carbons (Fsp3) is 0.833. The molecule has 0 unspecified atom stereocenters. The van der Waals surface area contributed by atoms with Crippen molar-refractivity contribution in [3.63, 3.8) is 0 Å². The minimum atomic E-state index is 0.134. The normalized spacial score (nSPS) is 23.4. The smallest absolute Gasteiger partial charge is 0.224 e. The molecule has 2 rings (SSSR count). The van der Waals surface area contributed by atoms with Crippen LogP contribution in [-0.4, -0.2) is 79.3 Å². The summed E-state index contributed by atoms with van der Waals surface area (Å²) in [5, 5.41) is 0. The molecule has 0 saturated carbocycles. The number of ketones is 1. The van der Waals surface area contributed by atoms with Crippen LogP contribution in [0.2, 0.25) is 0 Å². The Balaban J connectivity index is 1.67. The Bertz CT molecular complexity index is 298. The maximum atomic E-state index is 11.8. The van der Waals surface area contributed by atoms with Gasteiger partial charge in [0.25, 0.3) is 0 Å². The van der Waals surface area contributed by atoms with Crippen LogP contribution in [-0.2, 0) is 9.59 Å². The van der Waals surface area contributed by atoms with Crippen LogP contribution in [0.5, 0.6) is 0 Å². The van der Waals surface area contributed by atoms with Crippen molar-refractivity contribution in [1.29, 1.82) is 0 Å². The lowest BCUT2D eigenvalue weighted by molar-refractivity contribution is -0.132. The van der Waals surface area contributed by atoms with E-state index in [2.05, 4.69) is 16.8 Å². The van der Waals surface area contributed by atoms with E-state index in [0.717, 1.165) is 32.7 Å². The summed E-state index contributed by atoms with van der Waals surface area (Å²) in [6.07, 6.45) is 1.09. The number of carbonyl (C=O) groups excluding carboxylic acids is 2. The van der Waals surface area contributed by atoms with Crippen molar-refractivity contribution in [2.45, 2.75) is 12.8 Å². The first-order valence-electron chi connectivity index (χ1n) is 6.35. The number of piperazine rings is 1. The monoisotopic (exact) mass is 239 g/mol. The van der Waals surface area contributed by atoms with E-state index in [4.69, 9.17) is 0 Å². The van der Waals surface area contributed by atoms with Gasteiger partial charge in [0.1, 0.15) is 0 Å². The van der Waals surface area contributed by atoms with Crippen molar-refractivity contribution in [1.82, 2.24) is 14.7 Å². The number of amides is 1. The highest BCUT2D eigenvalue weighted by Gasteiger charge is 2.24. The highest BCUT2D eigenvalue weighted by molar-refractivity contribution is 5.89. The first-order chi connectivity index (χ1) is 8.15. The van der Waals surface area contributed by atoms with E-state index in [1.165, 1.54) is 0 Å². The van der Waals surface area contributed by atoms with Gasteiger partial charge in [-0.1, -0.05) is 0 Å². The van der Waals surface area contributed by atoms with Gasteiger partial charge in [0.05, 0.1) is 6.54 Å². The number of hydrogen-bond donors (Lipinski definition) is 0. The van der Waals surface area contributed by atoms with Crippen LogP contribution in [0.15, 0.2) is 0 Å². The molecule has 0 atom stereocenters. The second-order valence-corrected chi connectivity index (χ2v) is 5.00. The van der Waals surface area contributed by atoms with Crippen molar-refractivity contribution >= 4 is 11.7 Å². The Morgan fingerprint density at radius 2 is 1.88 bits per heavy atom. The zero-order chi connectivity index (χ0) is 12.3. The number of likely N-dealkylation sites (N-methyl/N-ethyl adjacent to an activating group) is 1. The number of Topliss-reactive ketones (excluding diaryl/α,β-unsaturated/α-hetero) is 1. The molecule has 0 aromatic rings. The standard InChI is InChI=1S/C12H21N3O2/c1-13-6-8-14(9-7-13)4-3-12(17)15-5-2-11(16)10-15/h2-10H2,1H3. The Morgan fingerprint density at radius 3 is 2.47 bits per heavy atom. The maximum Gasteiger partial charge on any atom is 0.224 e. The SMILES string of the molecule is CN1CCN(CCC(=O)N2CCC(=O)C2)CC1. The van der Waals surface area contributed by atoms with Gasteiger partial charge >= 0.3 is 0 Å². The summed E-state index contributed by atoms with van der Waals surface area (Å²) < 4.78 is 0. The van der Waals surface area contributed by atoms with E-state index in [0.29, 0.717) is 25.9 Å². The number of likely N-dealkylation sites (tertiary alicyclic amines) is 1. The molecule has 0 N–H and O–H groups in total. The van der Waals surface area contributed by atoms with Crippen LogP contribution in [0, 0.1) is 0 Å². The summed E-state index contributed by atoms with van der Waals surface area (Å²) in [5.74, 6) is 0.327. The van der Waals surface area contributed by atoms with E-state index in [1.54, 1.807) is 4.90 Å². The molecule has 2 heterocycles. The molecule has 0 aromatic heterocycles. The average Bonchev–Trinajstić information content (AvgIpc) is 2.75. The molecular weight excluding hydrogens is 218 g/mol. The van der Waals surface area contributed by atoms with E-state index in [9.17, 15) is 9.59 Å². The molecule has 2 fully saturated rings. The molecule has 2 aliphatic rings. The molecule has 1 amide bonds. The molecule has 0 aliphatic carbocycles. The summed E-state index contributed by atoms with van der Waals surface area (Å²) in [4.78, 5) is 29.2. The van der Waals surface area contributed by atoms with Gasteiger partial charge in [-0.05, 0) is 7.05 Å². The second-order valence-electron chi connectivity index (χ2n) is 5.00. The van der Waals surface area contributed by atoms with Crippen molar-refractivity contribution < 1.29 is 9.59 Å². The molecule has 96 valence electrons. The quantitative estimate of drug-likeness (QED) is 0.661. The second kappa shape index (κ2) is 5.60. The highest BCUT2D eigenvalue weighted by atomic mass is 16.2. The summed E-state index contributed by atoms with van der Waals surface area (Å²) in [5.41, 5.74) is 0. The minimum Gasteiger partial charge on any atom is -0.335 e. The van der Waals surface area contributed by atoms with Gasteiger partial charge in [0.2, 0.25) is 5.91 Å². The van der Waals surface area contributed by atoms with Crippen LogP contribution < -0.4 is 0 Å². The molecule has 0 aromatic carbocycles. The molecule has 0 bridgehead atoms. The number of rotatable bonds is 3. The van der Waals surface area contributed by atoms with Gasteiger partial charge in [-0.3, -0.25) is 9.59 Å². The van der Waals surface area contributed by atoms with Gasteiger partial charge in [-0.15, -0.1) is 0 Å². The predicted octanol–water partition coefficient (Wildman–Crippen LogP) is -0.575. The van der Waals surface area contributed by atoms with E-state index >= 15 is 0 Å². The lowest BCUT2D eigenvalue weighted by atomic mass is 10.3. The third kappa shape index (κ3) is 3.51. The Kier molecular flexibility index (Phi) is 4.12. The fourth-order valence-corrected chi connectivity index (χ4v) is 2.33. The van der Waals surface area contributed by atoms with Crippen LogP contribution in [0.4, 0.5) is 0 Å². The van der Waals surface area contributed by atoms with Crippen LogP contribution in [0.3, 0.4) is 0 Å². The molecule has 17 heavy (non-hydrogen) atoms. The minimum absolute atomic E-state index is 0.134. The lowest BCUT2D eigenvalue weighted by Crippen LogP contribution is -2.45. The van der Waals surface area contributed by atoms with E-state index < -0.39 is 0 Å². The van der Waals surface area contributed by atoms with Crippen LogP contribution in [0.25, 0.3) is 0 Å². The summed E-state index contributed by atoms with van der Waals surface area (Å²) in [6, 6.07) is 0. The first kappa shape index (κ1) is 12.5.